The number of nitrogens with one attached hydrogen (secondary N) is 1. The summed E-state index contributed by atoms with van der Waals surface area (Å²) in [6.07, 6.45) is 2.84. The van der Waals surface area contributed by atoms with E-state index in [0.717, 1.165) is 29.4 Å². The van der Waals surface area contributed by atoms with E-state index in [1.54, 1.807) is 0 Å². The second kappa shape index (κ2) is 5.58. The predicted molar refractivity (Wildman–Crippen MR) is 86.0 cm³/mol. The highest BCUT2D eigenvalue weighted by atomic mass is 79.9. The molecule has 1 unspecified atom stereocenters. The molecule has 0 aliphatic heterocycles. The van der Waals surface area contributed by atoms with Crippen molar-refractivity contribution in [2.24, 2.45) is 0 Å². The van der Waals surface area contributed by atoms with E-state index in [-0.39, 0.29) is 12.1 Å². The molecule has 0 aromatic heterocycles. The summed E-state index contributed by atoms with van der Waals surface area (Å²) in [6.45, 7) is 0.150. The first-order valence-electron chi connectivity index (χ1n) is 6.92. The van der Waals surface area contributed by atoms with E-state index in [1.807, 2.05) is 24.3 Å². The van der Waals surface area contributed by atoms with Crippen LogP contribution in [0.15, 0.2) is 53.0 Å². The van der Waals surface area contributed by atoms with Crippen LogP contribution in [0.1, 0.15) is 17.5 Å². The lowest BCUT2D eigenvalue weighted by Gasteiger charge is -2.38. The molecule has 0 radical (unpaired) electrons. The number of halogens is 1. The highest BCUT2D eigenvalue weighted by molar-refractivity contribution is 9.10. The van der Waals surface area contributed by atoms with Crippen molar-refractivity contribution in [1.29, 1.82) is 0 Å². The molecule has 2 nitrogen and oxygen atoms in total. The molecular formula is C17H18BrNO. The predicted octanol–water partition coefficient (Wildman–Crippen LogP) is 3.78. The van der Waals surface area contributed by atoms with E-state index in [4.69, 9.17) is 0 Å². The Morgan fingerprint density at radius 1 is 1.05 bits per heavy atom. The van der Waals surface area contributed by atoms with Crippen molar-refractivity contribution in [1.82, 2.24) is 0 Å². The Balaban J connectivity index is 1.84. The molecule has 0 fully saturated rings. The van der Waals surface area contributed by atoms with Gasteiger partial charge in [-0.15, -0.1) is 0 Å². The summed E-state index contributed by atoms with van der Waals surface area (Å²) in [6, 6.07) is 16.6. The summed E-state index contributed by atoms with van der Waals surface area (Å²) in [7, 11) is 0. The summed E-state index contributed by atoms with van der Waals surface area (Å²) in [4.78, 5) is 0. The highest BCUT2D eigenvalue weighted by Crippen LogP contribution is 2.31. The average molecular weight is 332 g/mol. The molecule has 2 N–H and O–H groups in total. The van der Waals surface area contributed by atoms with E-state index < -0.39 is 0 Å². The SMILES string of the molecule is OCC1(Nc2ccc(Br)cc2)CCc2ccccc2C1. The molecule has 0 saturated carbocycles. The summed E-state index contributed by atoms with van der Waals surface area (Å²) in [5.41, 5.74) is 3.57. The van der Waals surface area contributed by atoms with Gasteiger partial charge < -0.3 is 10.4 Å². The number of rotatable bonds is 3. The number of aliphatic hydroxyl groups is 1. The van der Waals surface area contributed by atoms with Crippen LogP contribution in [-0.2, 0) is 12.8 Å². The molecule has 2 aromatic carbocycles. The van der Waals surface area contributed by atoms with Crippen LogP contribution in [0.4, 0.5) is 5.69 Å². The van der Waals surface area contributed by atoms with Gasteiger partial charge >= 0.3 is 0 Å². The Morgan fingerprint density at radius 2 is 1.75 bits per heavy atom. The van der Waals surface area contributed by atoms with E-state index in [2.05, 4.69) is 45.5 Å². The van der Waals surface area contributed by atoms with Crippen LogP contribution in [-0.4, -0.2) is 17.3 Å². The molecule has 1 aliphatic carbocycles. The van der Waals surface area contributed by atoms with Crippen LogP contribution in [0.5, 0.6) is 0 Å². The van der Waals surface area contributed by atoms with Gasteiger partial charge in [-0.05, 0) is 54.7 Å². The number of anilines is 1. The maximum absolute atomic E-state index is 9.91. The third-order valence-electron chi connectivity index (χ3n) is 4.08. The molecule has 0 spiro atoms. The summed E-state index contributed by atoms with van der Waals surface area (Å²) >= 11 is 3.45. The van der Waals surface area contributed by atoms with Crippen molar-refractivity contribution in [3.63, 3.8) is 0 Å². The Bertz CT molecular complexity index is 596. The fraction of sp³-hybridized carbons (Fsp3) is 0.294. The standard InChI is InChI=1S/C17H18BrNO/c18-15-5-7-16(8-6-15)19-17(12-20)10-9-13-3-1-2-4-14(13)11-17/h1-8,19-20H,9-12H2. The number of aliphatic hydroxyl groups excluding tert-OH is 1. The molecule has 2 aromatic rings. The lowest BCUT2D eigenvalue weighted by Crippen LogP contribution is -2.47. The Labute approximate surface area is 128 Å². The van der Waals surface area contributed by atoms with Crippen LogP contribution in [0.3, 0.4) is 0 Å². The van der Waals surface area contributed by atoms with Gasteiger partial charge in [0.15, 0.2) is 0 Å². The largest absolute Gasteiger partial charge is 0.394 e. The summed E-state index contributed by atoms with van der Waals surface area (Å²) < 4.78 is 1.06. The third kappa shape index (κ3) is 2.74. The van der Waals surface area contributed by atoms with Crippen LogP contribution in [0, 0.1) is 0 Å². The molecule has 0 heterocycles. The maximum Gasteiger partial charge on any atom is 0.0664 e. The number of hydrogen-bond donors (Lipinski definition) is 2. The summed E-state index contributed by atoms with van der Waals surface area (Å²) in [5.74, 6) is 0. The molecule has 104 valence electrons. The maximum atomic E-state index is 9.91. The van der Waals surface area contributed by atoms with E-state index in [1.165, 1.54) is 11.1 Å². The zero-order valence-corrected chi connectivity index (χ0v) is 12.9. The first kappa shape index (κ1) is 13.7. The van der Waals surface area contributed by atoms with Gasteiger partial charge in [-0.25, -0.2) is 0 Å². The fourth-order valence-corrected chi connectivity index (χ4v) is 3.19. The molecule has 0 amide bonds. The lowest BCUT2D eigenvalue weighted by atomic mass is 9.78. The second-order valence-electron chi connectivity index (χ2n) is 5.52. The van der Waals surface area contributed by atoms with E-state index in [9.17, 15) is 5.11 Å². The minimum atomic E-state index is -0.248. The quantitative estimate of drug-likeness (QED) is 0.897. The number of benzene rings is 2. The van der Waals surface area contributed by atoms with Crippen molar-refractivity contribution in [3.8, 4) is 0 Å². The molecule has 0 saturated heterocycles. The van der Waals surface area contributed by atoms with Gasteiger partial charge in [0.25, 0.3) is 0 Å². The molecule has 1 aliphatic rings. The lowest BCUT2D eigenvalue weighted by molar-refractivity contribution is 0.196. The Morgan fingerprint density at radius 3 is 2.45 bits per heavy atom. The second-order valence-corrected chi connectivity index (χ2v) is 6.43. The minimum absolute atomic E-state index is 0.150. The van der Waals surface area contributed by atoms with Gasteiger partial charge in [0.1, 0.15) is 0 Å². The zero-order chi connectivity index (χ0) is 14.0. The Kier molecular flexibility index (Phi) is 3.81. The van der Waals surface area contributed by atoms with E-state index in [0.29, 0.717) is 0 Å². The van der Waals surface area contributed by atoms with Crippen molar-refractivity contribution in [2.45, 2.75) is 24.8 Å². The number of aryl methyl sites for hydroxylation is 1. The smallest absolute Gasteiger partial charge is 0.0664 e. The van der Waals surface area contributed by atoms with Gasteiger partial charge in [0, 0.05) is 10.2 Å². The number of fused-ring (bicyclic) bond motifs is 1. The first-order chi connectivity index (χ1) is 9.71. The molecule has 3 heteroatoms. The van der Waals surface area contributed by atoms with Crippen LogP contribution >= 0.6 is 15.9 Å². The highest BCUT2D eigenvalue weighted by Gasteiger charge is 2.33. The fourth-order valence-electron chi connectivity index (χ4n) is 2.92. The zero-order valence-electron chi connectivity index (χ0n) is 11.3. The minimum Gasteiger partial charge on any atom is -0.394 e. The molecule has 0 bridgehead atoms. The van der Waals surface area contributed by atoms with Crippen LogP contribution in [0.25, 0.3) is 0 Å². The summed E-state index contributed by atoms with van der Waals surface area (Å²) in [5, 5.41) is 13.5. The monoisotopic (exact) mass is 331 g/mol. The van der Waals surface area contributed by atoms with Crippen LogP contribution in [0.2, 0.25) is 0 Å². The van der Waals surface area contributed by atoms with Crippen molar-refractivity contribution >= 4 is 21.6 Å². The van der Waals surface area contributed by atoms with Crippen LogP contribution < -0.4 is 5.32 Å². The average Bonchev–Trinajstić information content (AvgIpc) is 2.49. The molecule has 3 rings (SSSR count). The van der Waals surface area contributed by atoms with Gasteiger partial charge in [-0.1, -0.05) is 40.2 Å². The third-order valence-corrected chi connectivity index (χ3v) is 4.61. The van der Waals surface area contributed by atoms with Gasteiger partial charge in [-0.2, -0.15) is 0 Å². The van der Waals surface area contributed by atoms with Gasteiger partial charge in [-0.3, -0.25) is 0 Å². The molecule has 1 atom stereocenters. The van der Waals surface area contributed by atoms with Crippen molar-refractivity contribution < 1.29 is 5.11 Å². The molecular weight excluding hydrogens is 314 g/mol. The van der Waals surface area contributed by atoms with E-state index >= 15 is 0 Å². The van der Waals surface area contributed by atoms with Crippen molar-refractivity contribution in [3.05, 3.63) is 64.1 Å². The normalized spacial score (nSPS) is 21.3. The number of hydrogen-bond acceptors (Lipinski definition) is 2. The van der Waals surface area contributed by atoms with Gasteiger partial charge in [0.2, 0.25) is 0 Å². The van der Waals surface area contributed by atoms with Gasteiger partial charge in [0.05, 0.1) is 12.1 Å². The molecule has 20 heavy (non-hydrogen) atoms. The topological polar surface area (TPSA) is 32.3 Å². The Hall–Kier alpha value is -1.32. The first-order valence-corrected chi connectivity index (χ1v) is 7.71. The van der Waals surface area contributed by atoms with Crippen molar-refractivity contribution in [2.75, 3.05) is 11.9 Å².